The molecule has 0 aliphatic carbocycles. The third-order valence-corrected chi connectivity index (χ3v) is 7.56. The number of nitrogens with one attached hydrogen (secondary N) is 1. The fourth-order valence-electron chi connectivity index (χ4n) is 4.02. The van der Waals surface area contributed by atoms with Gasteiger partial charge in [-0.2, -0.15) is 19.0 Å². The van der Waals surface area contributed by atoms with Crippen LogP contribution in [0.5, 0.6) is 11.5 Å². The zero-order valence-electron chi connectivity index (χ0n) is 20.6. The molecule has 0 amide bonds. The highest BCUT2D eigenvalue weighted by Crippen LogP contribution is 2.39. The molecule has 2 aromatic carbocycles. The summed E-state index contributed by atoms with van der Waals surface area (Å²) in [5.41, 5.74) is 1.00. The first-order valence-corrected chi connectivity index (χ1v) is 12.9. The molecule has 5 rings (SSSR count). The van der Waals surface area contributed by atoms with Gasteiger partial charge in [-0.15, -0.1) is 0 Å². The van der Waals surface area contributed by atoms with Crippen LogP contribution in [0.3, 0.4) is 0 Å². The van der Waals surface area contributed by atoms with Gasteiger partial charge in [-0.25, -0.2) is 17.9 Å². The van der Waals surface area contributed by atoms with Crippen LogP contribution in [0.2, 0.25) is 0 Å². The fraction of sp³-hybridized carbons (Fsp3) is 0.160. The lowest BCUT2D eigenvalue weighted by molar-refractivity contribution is -0.0494. The summed E-state index contributed by atoms with van der Waals surface area (Å²) < 4.78 is 66.1. The second-order valence-electron chi connectivity index (χ2n) is 8.32. The second kappa shape index (κ2) is 10.3. The van der Waals surface area contributed by atoms with Gasteiger partial charge >= 0.3 is 6.61 Å². The number of methoxy groups -OCH3 is 1. The normalized spacial score (nSPS) is 12.6. The van der Waals surface area contributed by atoms with Gasteiger partial charge in [-0.3, -0.25) is 4.68 Å². The summed E-state index contributed by atoms with van der Waals surface area (Å²) in [6, 6.07) is 11.1. The van der Waals surface area contributed by atoms with Crippen molar-refractivity contribution in [2.24, 2.45) is 7.05 Å². The maximum Gasteiger partial charge on any atom is 0.387 e. The minimum atomic E-state index is -4.08. The van der Waals surface area contributed by atoms with Gasteiger partial charge in [0, 0.05) is 31.2 Å². The average Bonchev–Trinajstić information content (AvgIpc) is 3.51. The second-order valence-corrected chi connectivity index (χ2v) is 10.3. The Morgan fingerprint density at radius 3 is 2.67 bits per heavy atom. The molecule has 2 N–H and O–H groups in total. The number of anilines is 1. The van der Waals surface area contributed by atoms with Crippen LogP contribution < -0.4 is 14.8 Å². The summed E-state index contributed by atoms with van der Waals surface area (Å²) in [5.74, 6) is 0.0322. The molecule has 1 unspecified atom stereocenters. The largest absolute Gasteiger partial charge is 0.497 e. The summed E-state index contributed by atoms with van der Waals surface area (Å²) in [4.78, 5) is 3.98. The van der Waals surface area contributed by atoms with E-state index in [1.54, 1.807) is 31.6 Å². The van der Waals surface area contributed by atoms with Gasteiger partial charge in [-0.05, 0) is 42.5 Å². The number of hydrogen-bond donors (Lipinski definition) is 2. The average molecular weight is 557 g/mol. The molecule has 1 atom stereocenters. The highest BCUT2D eigenvalue weighted by molar-refractivity contribution is 7.91. The van der Waals surface area contributed by atoms with Crippen molar-refractivity contribution < 1.29 is 31.8 Å². The molecule has 0 spiro atoms. The Balaban J connectivity index is 1.58. The summed E-state index contributed by atoms with van der Waals surface area (Å²) in [6.45, 7) is -3.18. The molecule has 0 aliphatic heterocycles. The molecular formula is C25H22F2N6O5S. The van der Waals surface area contributed by atoms with Gasteiger partial charge in [0.15, 0.2) is 11.9 Å². The number of fused-ring (bicyclic) bond motifs is 1. The molecule has 0 bridgehead atoms. The molecule has 39 heavy (non-hydrogen) atoms. The van der Waals surface area contributed by atoms with Crippen LogP contribution in [-0.4, -0.2) is 51.6 Å². The molecule has 14 heteroatoms. The van der Waals surface area contributed by atoms with Crippen LogP contribution in [0.25, 0.3) is 16.9 Å². The third kappa shape index (κ3) is 5.11. The summed E-state index contributed by atoms with van der Waals surface area (Å²) >= 11 is 0. The molecule has 0 radical (unpaired) electrons. The number of alkyl halides is 2. The van der Waals surface area contributed by atoms with Crippen molar-refractivity contribution in [3.05, 3.63) is 78.9 Å². The van der Waals surface area contributed by atoms with E-state index in [2.05, 4.69) is 20.5 Å². The molecule has 3 aromatic heterocycles. The van der Waals surface area contributed by atoms with Crippen molar-refractivity contribution in [3.63, 3.8) is 0 Å². The van der Waals surface area contributed by atoms with Crippen molar-refractivity contribution in [1.82, 2.24) is 24.4 Å². The minimum absolute atomic E-state index is 0.0347. The summed E-state index contributed by atoms with van der Waals surface area (Å²) in [6.07, 6.45) is 4.83. The van der Waals surface area contributed by atoms with E-state index < -0.39 is 22.7 Å². The Kier molecular flexibility index (Phi) is 6.89. The highest BCUT2D eigenvalue weighted by Gasteiger charge is 2.25. The van der Waals surface area contributed by atoms with Crippen LogP contribution in [-0.2, 0) is 16.9 Å². The zero-order valence-corrected chi connectivity index (χ0v) is 21.4. The molecule has 3 heterocycles. The number of aliphatic hydroxyl groups excluding tert-OH is 1. The van der Waals surface area contributed by atoms with E-state index in [0.29, 0.717) is 17.0 Å². The van der Waals surface area contributed by atoms with E-state index in [4.69, 9.17) is 9.47 Å². The number of hydrogen-bond acceptors (Lipinski definition) is 9. The predicted molar refractivity (Wildman–Crippen MR) is 135 cm³/mol. The first-order valence-electron chi connectivity index (χ1n) is 11.4. The Morgan fingerprint density at radius 2 is 1.90 bits per heavy atom. The lowest BCUT2D eigenvalue weighted by Gasteiger charge is -2.15. The number of benzene rings is 2. The number of rotatable bonds is 9. The summed E-state index contributed by atoms with van der Waals surface area (Å²) in [7, 11) is -1.09. The molecule has 11 nitrogen and oxygen atoms in total. The Morgan fingerprint density at radius 1 is 1.10 bits per heavy atom. The molecule has 5 aromatic rings. The van der Waals surface area contributed by atoms with Crippen LogP contribution in [0, 0.1) is 0 Å². The molecule has 202 valence electrons. The van der Waals surface area contributed by atoms with Gasteiger partial charge in [0.05, 0.1) is 34.3 Å². The fourth-order valence-corrected chi connectivity index (χ4v) is 5.34. The number of aryl methyl sites for hydroxylation is 1. The van der Waals surface area contributed by atoms with Gasteiger partial charge < -0.3 is 19.9 Å². The van der Waals surface area contributed by atoms with E-state index in [1.807, 2.05) is 0 Å². The number of nitrogens with zero attached hydrogens (tertiary/aromatic N) is 5. The maximum absolute atomic E-state index is 13.4. The van der Waals surface area contributed by atoms with Crippen molar-refractivity contribution >= 4 is 21.2 Å². The Labute approximate surface area is 221 Å². The van der Waals surface area contributed by atoms with E-state index in [9.17, 15) is 22.3 Å². The van der Waals surface area contributed by atoms with Gasteiger partial charge in [-0.1, -0.05) is 6.07 Å². The number of halogens is 2. The van der Waals surface area contributed by atoms with Crippen molar-refractivity contribution in [3.8, 4) is 22.8 Å². The van der Waals surface area contributed by atoms with Crippen LogP contribution >= 0.6 is 0 Å². The number of ether oxygens (including phenoxy) is 2. The van der Waals surface area contributed by atoms with Gasteiger partial charge in [0.2, 0.25) is 9.84 Å². The lowest BCUT2D eigenvalue weighted by atomic mass is 10.1. The van der Waals surface area contributed by atoms with Crippen LogP contribution in [0.4, 0.5) is 14.5 Å². The molecule has 0 saturated heterocycles. The number of aromatic nitrogens is 5. The van der Waals surface area contributed by atoms with E-state index >= 15 is 0 Å². The topological polar surface area (TPSA) is 133 Å². The maximum atomic E-state index is 13.4. The molecule has 0 saturated carbocycles. The standard InChI is InChI=1S/C25H22F2N6O5S/c1-32-14-20(30-24(34)19-13-29-33-10-4-9-28-23(19)33)22(31-32)18-12-17(7-8-21(18)38-25(26)27)39(35,36)16-6-3-5-15(11-16)37-2/h3-14,24-25,30,34H,1-2H3. The van der Waals surface area contributed by atoms with E-state index in [1.165, 1.54) is 59.0 Å². The van der Waals surface area contributed by atoms with Crippen LogP contribution in [0.15, 0.2) is 83.1 Å². The highest BCUT2D eigenvalue weighted by atomic mass is 32.2. The number of sulfone groups is 1. The van der Waals surface area contributed by atoms with Crippen molar-refractivity contribution in [2.75, 3.05) is 12.4 Å². The lowest BCUT2D eigenvalue weighted by Crippen LogP contribution is -2.11. The first-order chi connectivity index (χ1) is 18.7. The molecule has 0 aliphatic rings. The van der Waals surface area contributed by atoms with Crippen LogP contribution in [0.1, 0.15) is 11.8 Å². The first kappa shape index (κ1) is 26.1. The Hall–Kier alpha value is -4.56. The third-order valence-electron chi connectivity index (χ3n) is 5.81. The van der Waals surface area contributed by atoms with Crippen molar-refractivity contribution in [2.45, 2.75) is 22.6 Å². The van der Waals surface area contributed by atoms with Gasteiger partial charge in [0.1, 0.15) is 17.2 Å². The minimum Gasteiger partial charge on any atom is -0.497 e. The summed E-state index contributed by atoms with van der Waals surface area (Å²) in [5, 5.41) is 22.3. The van der Waals surface area contributed by atoms with E-state index in [-0.39, 0.29) is 32.5 Å². The van der Waals surface area contributed by atoms with Gasteiger partial charge in [0.25, 0.3) is 0 Å². The predicted octanol–water partition coefficient (Wildman–Crippen LogP) is 3.68. The zero-order chi connectivity index (χ0) is 27.7. The quantitative estimate of drug-likeness (QED) is 0.261. The molecular weight excluding hydrogens is 534 g/mol. The van der Waals surface area contributed by atoms with E-state index in [0.717, 1.165) is 6.07 Å². The smallest absolute Gasteiger partial charge is 0.387 e. The monoisotopic (exact) mass is 556 g/mol. The molecule has 0 fully saturated rings. The number of aliphatic hydroxyl groups is 1. The van der Waals surface area contributed by atoms with Crippen molar-refractivity contribution in [1.29, 1.82) is 0 Å². The SMILES string of the molecule is COc1cccc(S(=O)(=O)c2ccc(OC(F)F)c(-c3nn(C)cc3NC(O)c3cnn4cccnc34)c2)c1. The Bertz CT molecular complexity index is 1760.